The fourth-order valence-corrected chi connectivity index (χ4v) is 2.68. The van der Waals surface area contributed by atoms with E-state index in [9.17, 15) is 4.39 Å². The topological polar surface area (TPSA) is 32.3 Å². The summed E-state index contributed by atoms with van der Waals surface area (Å²) in [6.45, 7) is 6.80. The van der Waals surface area contributed by atoms with Crippen LogP contribution in [0, 0.1) is 12.7 Å². The Morgan fingerprint density at radius 2 is 2.18 bits per heavy atom. The van der Waals surface area contributed by atoms with E-state index >= 15 is 0 Å². The van der Waals surface area contributed by atoms with Crippen LogP contribution in [0.2, 0.25) is 0 Å². The Hall–Kier alpha value is -0.580. The van der Waals surface area contributed by atoms with Gasteiger partial charge < -0.3 is 10.4 Å². The van der Waals surface area contributed by atoms with Crippen LogP contribution < -0.4 is 5.32 Å². The van der Waals surface area contributed by atoms with Crippen LogP contribution >= 0.6 is 11.8 Å². The van der Waals surface area contributed by atoms with E-state index in [4.69, 9.17) is 5.11 Å². The van der Waals surface area contributed by atoms with Gasteiger partial charge in [-0.1, -0.05) is 6.92 Å². The van der Waals surface area contributed by atoms with Crippen LogP contribution in [0.15, 0.2) is 17.0 Å². The molecule has 0 aliphatic heterocycles. The molecular weight excluding hydrogens is 237 g/mol. The highest BCUT2D eigenvalue weighted by Gasteiger charge is 2.13. The number of aliphatic hydroxyl groups excluding tert-OH is 1. The maximum Gasteiger partial charge on any atom is 0.126 e. The highest BCUT2D eigenvalue weighted by Crippen LogP contribution is 2.29. The highest BCUT2D eigenvalue weighted by molar-refractivity contribution is 7.99. The van der Waals surface area contributed by atoms with Gasteiger partial charge in [0.2, 0.25) is 0 Å². The van der Waals surface area contributed by atoms with Gasteiger partial charge in [-0.05, 0) is 43.7 Å². The predicted molar refractivity (Wildman–Crippen MR) is 71.0 cm³/mol. The molecule has 1 aromatic rings. The molecule has 2 N–H and O–H groups in total. The van der Waals surface area contributed by atoms with Gasteiger partial charge in [0, 0.05) is 16.7 Å². The summed E-state index contributed by atoms with van der Waals surface area (Å²) in [5.41, 5.74) is 1.62. The van der Waals surface area contributed by atoms with Gasteiger partial charge >= 0.3 is 0 Å². The van der Waals surface area contributed by atoms with Crippen molar-refractivity contribution in [3.63, 3.8) is 0 Å². The molecule has 1 aromatic carbocycles. The molecule has 0 spiro atoms. The Labute approximate surface area is 107 Å². The van der Waals surface area contributed by atoms with E-state index in [1.165, 1.54) is 0 Å². The summed E-state index contributed by atoms with van der Waals surface area (Å²) in [5, 5.41) is 12.2. The van der Waals surface area contributed by atoms with E-state index in [-0.39, 0.29) is 18.5 Å². The third-order valence-electron chi connectivity index (χ3n) is 2.62. The van der Waals surface area contributed by atoms with Gasteiger partial charge in [-0.3, -0.25) is 0 Å². The summed E-state index contributed by atoms with van der Waals surface area (Å²) < 4.78 is 13.6. The second-order valence-corrected chi connectivity index (χ2v) is 5.13. The van der Waals surface area contributed by atoms with Crippen LogP contribution in [0.1, 0.15) is 31.0 Å². The number of hydrogen-bond acceptors (Lipinski definition) is 3. The normalized spacial score (nSPS) is 12.8. The van der Waals surface area contributed by atoms with Crippen molar-refractivity contribution in [1.29, 1.82) is 0 Å². The van der Waals surface area contributed by atoms with Crippen LogP contribution in [-0.4, -0.2) is 24.0 Å². The quantitative estimate of drug-likeness (QED) is 0.769. The zero-order valence-corrected chi connectivity index (χ0v) is 11.4. The third kappa shape index (κ3) is 3.98. The number of nitrogens with one attached hydrogen (secondary N) is 1. The minimum absolute atomic E-state index is 0.122. The molecular formula is C13H20FNOS. The van der Waals surface area contributed by atoms with Gasteiger partial charge in [-0.25, -0.2) is 4.39 Å². The molecule has 1 rings (SSSR count). The summed E-state index contributed by atoms with van der Waals surface area (Å²) in [6.07, 6.45) is 0. The summed E-state index contributed by atoms with van der Waals surface area (Å²) >= 11 is 1.57. The number of thioether (sulfide) groups is 1. The molecule has 4 heteroatoms. The Bertz CT molecular complexity index is 371. The number of halogens is 1. The molecule has 1 atom stereocenters. The zero-order chi connectivity index (χ0) is 12.8. The zero-order valence-electron chi connectivity index (χ0n) is 10.6. The van der Waals surface area contributed by atoms with E-state index in [0.717, 1.165) is 17.0 Å². The number of rotatable bonds is 6. The average molecular weight is 257 g/mol. The molecule has 96 valence electrons. The highest BCUT2D eigenvalue weighted by atomic mass is 32.2. The number of aryl methyl sites for hydroxylation is 1. The van der Waals surface area contributed by atoms with E-state index in [2.05, 4.69) is 5.32 Å². The van der Waals surface area contributed by atoms with Gasteiger partial charge in [0.25, 0.3) is 0 Å². The molecule has 0 aliphatic rings. The first-order valence-corrected chi connectivity index (χ1v) is 6.85. The van der Waals surface area contributed by atoms with Crippen molar-refractivity contribution in [2.24, 2.45) is 0 Å². The molecule has 0 heterocycles. The van der Waals surface area contributed by atoms with E-state index in [1.54, 1.807) is 24.8 Å². The predicted octanol–water partition coefficient (Wildman–Crippen LogP) is 2.89. The molecule has 0 amide bonds. The molecule has 0 saturated carbocycles. The standard InChI is InChI=1S/C13H20FNOS/c1-4-15-10(3)11-8-12(14)9(2)7-13(11)17-6-5-16/h7-8,10,15-16H,4-6H2,1-3H3. The monoisotopic (exact) mass is 257 g/mol. The smallest absolute Gasteiger partial charge is 0.126 e. The molecule has 0 bridgehead atoms. The van der Waals surface area contributed by atoms with E-state index in [0.29, 0.717) is 11.3 Å². The maximum absolute atomic E-state index is 13.6. The minimum atomic E-state index is -0.168. The number of hydrogen-bond donors (Lipinski definition) is 2. The number of benzene rings is 1. The van der Waals surface area contributed by atoms with Crippen LogP contribution in [0.25, 0.3) is 0 Å². The lowest BCUT2D eigenvalue weighted by molar-refractivity contribution is 0.322. The Balaban J connectivity index is 3.02. The molecule has 0 aliphatic carbocycles. The Morgan fingerprint density at radius 1 is 1.47 bits per heavy atom. The fraction of sp³-hybridized carbons (Fsp3) is 0.538. The maximum atomic E-state index is 13.6. The van der Waals surface area contributed by atoms with Gasteiger partial charge in [0.05, 0.1) is 6.61 Å². The molecule has 0 radical (unpaired) electrons. The second kappa shape index (κ2) is 6.99. The first-order chi connectivity index (χ1) is 8.10. The molecule has 0 fully saturated rings. The molecule has 1 unspecified atom stereocenters. The van der Waals surface area contributed by atoms with Crippen LogP contribution in [0.3, 0.4) is 0 Å². The molecule has 2 nitrogen and oxygen atoms in total. The lowest BCUT2D eigenvalue weighted by atomic mass is 10.1. The Kier molecular flexibility index (Phi) is 5.95. The second-order valence-electron chi connectivity index (χ2n) is 3.99. The number of aliphatic hydroxyl groups is 1. The van der Waals surface area contributed by atoms with Crippen molar-refractivity contribution in [1.82, 2.24) is 5.32 Å². The van der Waals surface area contributed by atoms with E-state index < -0.39 is 0 Å². The summed E-state index contributed by atoms with van der Waals surface area (Å²) in [7, 11) is 0. The third-order valence-corrected chi connectivity index (χ3v) is 3.67. The van der Waals surface area contributed by atoms with Gasteiger partial charge in [0.1, 0.15) is 5.82 Å². The first kappa shape index (κ1) is 14.5. The van der Waals surface area contributed by atoms with Gasteiger partial charge in [0.15, 0.2) is 0 Å². The Morgan fingerprint density at radius 3 is 2.76 bits per heavy atom. The van der Waals surface area contributed by atoms with Crippen molar-refractivity contribution >= 4 is 11.8 Å². The van der Waals surface area contributed by atoms with Crippen molar-refractivity contribution in [3.8, 4) is 0 Å². The van der Waals surface area contributed by atoms with Crippen LogP contribution in [0.5, 0.6) is 0 Å². The molecule has 17 heavy (non-hydrogen) atoms. The molecule has 0 aromatic heterocycles. The van der Waals surface area contributed by atoms with Crippen molar-refractivity contribution < 1.29 is 9.50 Å². The summed E-state index contributed by atoms with van der Waals surface area (Å²) in [5.74, 6) is 0.467. The summed E-state index contributed by atoms with van der Waals surface area (Å²) in [6, 6.07) is 3.58. The van der Waals surface area contributed by atoms with Crippen LogP contribution in [-0.2, 0) is 0 Å². The van der Waals surface area contributed by atoms with E-state index in [1.807, 2.05) is 19.9 Å². The average Bonchev–Trinajstić information content (AvgIpc) is 2.30. The largest absolute Gasteiger partial charge is 0.396 e. The summed E-state index contributed by atoms with van der Waals surface area (Å²) in [4.78, 5) is 1.05. The van der Waals surface area contributed by atoms with Crippen molar-refractivity contribution in [2.45, 2.75) is 31.7 Å². The lowest BCUT2D eigenvalue weighted by Crippen LogP contribution is -2.18. The van der Waals surface area contributed by atoms with Crippen molar-refractivity contribution in [3.05, 3.63) is 29.1 Å². The van der Waals surface area contributed by atoms with Gasteiger partial charge in [-0.2, -0.15) is 0 Å². The SMILES string of the molecule is CCNC(C)c1cc(F)c(C)cc1SCCO. The minimum Gasteiger partial charge on any atom is -0.396 e. The van der Waals surface area contributed by atoms with Crippen molar-refractivity contribution in [2.75, 3.05) is 18.9 Å². The first-order valence-electron chi connectivity index (χ1n) is 5.87. The fourth-order valence-electron chi connectivity index (χ4n) is 1.71. The lowest BCUT2D eigenvalue weighted by Gasteiger charge is -2.18. The van der Waals surface area contributed by atoms with Crippen LogP contribution in [0.4, 0.5) is 4.39 Å². The van der Waals surface area contributed by atoms with Gasteiger partial charge in [-0.15, -0.1) is 11.8 Å². The molecule has 0 saturated heterocycles.